The average molecular weight is 350 g/mol. The van der Waals surface area contributed by atoms with E-state index in [9.17, 15) is 0 Å². The zero-order valence-corrected chi connectivity index (χ0v) is 13.6. The highest BCUT2D eigenvalue weighted by molar-refractivity contribution is 9.10. The number of H-pyrrole nitrogens is 1. The first-order chi connectivity index (χ1) is 10.8. The van der Waals surface area contributed by atoms with E-state index in [1.807, 2.05) is 24.4 Å². The molecular weight excluding hydrogens is 334 g/mol. The molecule has 0 bridgehead atoms. The summed E-state index contributed by atoms with van der Waals surface area (Å²) in [5.41, 5.74) is 3.72. The Balaban J connectivity index is 0.000000139. The molecule has 108 valence electrons. The summed E-state index contributed by atoms with van der Waals surface area (Å²) in [6, 6.07) is 29.0. The first-order valence-corrected chi connectivity index (χ1v) is 7.95. The lowest BCUT2D eigenvalue weighted by Gasteiger charge is -2.00. The van der Waals surface area contributed by atoms with E-state index in [4.69, 9.17) is 0 Å². The molecule has 0 unspecified atom stereocenters. The van der Waals surface area contributed by atoms with Crippen LogP contribution < -0.4 is 0 Å². The zero-order valence-electron chi connectivity index (χ0n) is 12.0. The van der Waals surface area contributed by atoms with Crippen LogP contribution in [0.25, 0.3) is 22.0 Å². The largest absolute Gasteiger partial charge is 0.361 e. The predicted octanol–water partition coefficient (Wildman–Crippen LogP) is 6.28. The number of hydrogen-bond donors (Lipinski definition) is 1. The minimum Gasteiger partial charge on any atom is -0.361 e. The standard InChI is InChI=1S/C12H9Br.C8H7N/c13-12-8-6-11(7-9-12)10-4-2-1-3-5-10;1-2-4-8-7(3-1)5-6-9-8/h1-9H;1-6,9H. The number of aromatic amines is 1. The van der Waals surface area contributed by atoms with Crippen molar-refractivity contribution in [2.75, 3.05) is 0 Å². The van der Waals surface area contributed by atoms with Gasteiger partial charge in [0, 0.05) is 16.2 Å². The predicted molar refractivity (Wildman–Crippen MR) is 97.9 cm³/mol. The van der Waals surface area contributed by atoms with Crippen molar-refractivity contribution < 1.29 is 0 Å². The number of aromatic nitrogens is 1. The van der Waals surface area contributed by atoms with E-state index in [-0.39, 0.29) is 0 Å². The van der Waals surface area contributed by atoms with Crippen LogP contribution in [0.5, 0.6) is 0 Å². The Morgan fingerprint density at radius 2 is 1.23 bits per heavy atom. The number of benzene rings is 3. The molecule has 0 spiro atoms. The first-order valence-electron chi connectivity index (χ1n) is 7.16. The van der Waals surface area contributed by atoms with Crippen molar-refractivity contribution >= 4 is 26.8 Å². The summed E-state index contributed by atoms with van der Waals surface area (Å²) in [5, 5.41) is 1.28. The molecule has 0 radical (unpaired) electrons. The van der Waals surface area contributed by atoms with Gasteiger partial charge in [-0.1, -0.05) is 76.6 Å². The minimum absolute atomic E-state index is 1.12. The molecule has 22 heavy (non-hydrogen) atoms. The van der Waals surface area contributed by atoms with Gasteiger partial charge < -0.3 is 4.98 Å². The van der Waals surface area contributed by atoms with Crippen LogP contribution >= 0.6 is 15.9 Å². The Hall–Kier alpha value is -2.32. The number of halogens is 1. The highest BCUT2D eigenvalue weighted by Gasteiger charge is 1.94. The van der Waals surface area contributed by atoms with Gasteiger partial charge in [0.1, 0.15) is 0 Å². The summed E-state index contributed by atoms with van der Waals surface area (Å²) in [6.07, 6.45) is 1.95. The molecule has 0 saturated heterocycles. The number of fused-ring (bicyclic) bond motifs is 1. The Bertz CT molecular complexity index is 802. The van der Waals surface area contributed by atoms with Crippen LogP contribution in [0.2, 0.25) is 0 Å². The smallest absolute Gasteiger partial charge is 0.0453 e. The third-order valence-corrected chi connectivity index (χ3v) is 3.94. The first kappa shape index (κ1) is 14.6. The SMILES string of the molecule is Brc1ccc(-c2ccccc2)cc1.c1ccc2[nH]ccc2c1. The summed E-state index contributed by atoms with van der Waals surface area (Å²) in [5.74, 6) is 0. The lowest BCUT2D eigenvalue weighted by Crippen LogP contribution is -1.75. The highest BCUT2D eigenvalue weighted by Crippen LogP contribution is 2.20. The van der Waals surface area contributed by atoms with Crippen LogP contribution in [0.3, 0.4) is 0 Å². The van der Waals surface area contributed by atoms with Crippen LogP contribution in [-0.2, 0) is 0 Å². The van der Waals surface area contributed by atoms with Gasteiger partial charge in [-0.3, -0.25) is 0 Å². The van der Waals surface area contributed by atoms with Crippen molar-refractivity contribution in [2.45, 2.75) is 0 Å². The summed E-state index contributed by atoms with van der Waals surface area (Å²) in [7, 11) is 0. The molecule has 2 heteroatoms. The molecule has 4 aromatic rings. The fourth-order valence-electron chi connectivity index (χ4n) is 2.27. The second-order valence-electron chi connectivity index (χ2n) is 4.94. The Morgan fingerprint density at radius 1 is 0.591 bits per heavy atom. The van der Waals surface area contributed by atoms with E-state index in [0.29, 0.717) is 0 Å². The van der Waals surface area contributed by atoms with Gasteiger partial charge in [-0.05, 0) is 40.8 Å². The zero-order chi connectivity index (χ0) is 15.2. The topological polar surface area (TPSA) is 15.8 Å². The van der Waals surface area contributed by atoms with Gasteiger partial charge in [0.15, 0.2) is 0 Å². The van der Waals surface area contributed by atoms with Crippen molar-refractivity contribution in [2.24, 2.45) is 0 Å². The van der Waals surface area contributed by atoms with Crippen molar-refractivity contribution in [1.29, 1.82) is 0 Å². The highest BCUT2D eigenvalue weighted by atomic mass is 79.9. The van der Waals surface area contributed by atoms with E-state index >= 15 is 0 Å². The fraction of sp³-hybridized carbons (Fsp3) is 0. The maximum absolute atomic E-state index is 3.42. The van der Waals surface area contributed by atoms with Gasteiger partial charge in [-0.2, -0.15) is 0 Å². The lowest BCUT2D eigenvalue weighted by molar-refractivity contribution is 1.48. The molecule has 1 nitrogen and oxygen atoms in total. The van der Waals surface area contributed by atoms with Gasteiger partial charge in [-0.25, -0.2) is 0 Å². The quantitative estimate of drug-likeness (QED) is 0.416. The van der Waals surface area contributed by atoms with E-state index in [0.717, 1.165) is 4.47 Å². The molecule has 0 aliphatic heterocycles. The minimum atomic E-state index is 1.12. The van der Waals surface area contributed by atoms with Gasteiger partial charge in [0.05, 0.1) is 0 Å². The number of nitrogens with one attached hydrogen (secondary N) is 1. The normalized spacial score (nSPS) is 10.0. The molecule has 4 rings (SSSR count). The van der Waals surface area contributed by atoms with E-state index < -0.39 is 0 Å². The fourth-order valence-corrected chi connectivity index (χ4v) is 2.53. The summed E-state index contributed by atoms with van der Waals surface area (Å²) < 4.78 is 1.12. The van der Waals surface area contributed by atoms with Crippen molar-refractivity contribution in [1.82, 2.24) is 4.98 Å². The molecule has 0 atom stereocenters. The number of rotatable bonds is 1. The van der Waals surface area contributed by atoms with Gasteiger partial charge in [-0.15, -0.1) is 0 Å². The van der Waals surface area contributed by atoms with Crippen molar-refractivity contribution in [3.8, 4) is 11.1 Å². The van der Waals surface area contributed by atoms with Crippen LogP contribution in [-0.4, -0.2) is 4.98 Å². The maximum Gasteiger partial charge on any atom is 0.0453 e. The molecule has 1 aromatic heterocycles. The molecule has 1 N–H and O–H groups in total. The Kier molecular flexibility index (Phi) is 4.71. The van der Waals surface area contributed by atoms with Gasteiger partial charge in [0.2, 0.25) is 0 Å². The second kappa shape index (κ2) is 7.10. The molecule has 0 aliphatic carbocycles. The van der Waals surface area contributed by atoms with Crippen LogP contribution in [0.4, 0.5) is 0 Å². The average Bonchev–Trinajstić information content (AvgIpc) is 3.06. The molecule has 0 saturated carbocycles. The van der Waals surface area contributed by atoms with Crippen LogP contribution in [0.15, 0.2) is 95.6 Å². The number of para-hydroxylation sites is 1. The van der Waals surface area contributed by atoms with Crippen LogP contribution in [0, 0.1) is 0 Å². The third-order valence-electron chi connectivity index (χ3n) is 3.41. The van der Waals surface area contributed by atoms with Crippen molar-refractivity contribution in [3.05, 3.63) is 95.6 Å². The van der Waals surface area contributed by atoms with Crippen molar-refractivity contribution in [3.63, 3.8) is 0 Å². The third kappa shape index (κ3) is 3.66. The molecule has 3 aromatic carbocycles. The maximum atomic E-state index is 3.42. The molecule has 0 aliphatic rings. The van der Waals surface area contributed by atoms with Gasteiger partial charge >= 0.3 is 0 Å². The summed E-state index contributed by atoms with van der Waals surface area (Å²) >= 11 is 3.42. The molecule has 0 fully saturated rings. The summed E-state index contributed by atoms with van der Waals surface area (Å²) in [6.45, 7) is 0. The van der Waals surface area contributed by atoms with E-state index in [1.54, 1.807) is 0 Å². The number of hydrogen-bond acceptors (Lipinski definition) is 0. The van der Waals surface area contributed by atoms with Gasteiger partial charge in [0.25, 0.3) is 0 Å². The second-order valence-corrected chi connectivity index (χ2v) is 5.85. The Labute approximate surface area is 138 Å². The monoisotopic (exact) mass is 349 g/mol. The van der Waals surface area contributed by atoms with E-state index in [1.165, 1.54) is 22.0 Å². The lowest BCUT2D eigenvalue weighted by atomic mass is 10.1. The summed E-state index contributed by atoms with van der Waals surface area (Å²) in [4.78, 5) is 3.12. The molecular formula is C20H16BrN. The Morgan fingerprint density at radius 3 is 1.95 bits per heavy atom. The van der Waals surface area contributed by atoms with E-state index in [2.05, 4.69) is 87.6 Å². The molecule has 0 amide bonds. The van der Waals surface area contributed by atoms with Crippen LogP contribution in [0.1, 0.15) is 0 Å². The molecule has 1 heterocycles.